The molecule has 11 nitrogen and oxygen atoms in total. The number of ether oxygens (including phenoxy) is 1. The van der Waals surface area contributed by atoms with Crippen molar-refractivity contribution in [2.45, 2.75) is 37.1 Å². The van der Waals surface area contributed by atoms with E-state index in [0.717, 1.165) is 29.1 Å². The number of aromatic nitrogens is 4. The van der Waals surface area contributed by atoms with Gasteiger partial charge in [-0.05, 0) is 44.2 Å². The first-order valence-electron chi connectivity index (χ1n) is 13.4. The minimum atomic E-state index is -4.56. The molecule has 44 heavy (non-hydrogen) atoms. The van der Waals surface area contributed by atoms with Crippen molar-refractivity contribution in [1.29, 1.82) is 0 Å². The van der Waals surface area contributed by atoms with Gasteiger partial charge in [-0.25, -0.2) is 28.1 Å². The van der Waals surface area contributed by atoms with Crippen molar-refractivity contribution in [3.8, 4) is 17.1 Å². The van der Waals surface area contributed by atoms with Gasteiger partial charge in [0.25, 0.3) is 10.0 Å². The highest BCUT2D eigenvalue weighted by molar-refractivity contribution is 7.92. The van der Waals surface area contributed by atoms with Crippen LogP contribution in [0.3, 0.4) is 0 Å². The topological polar surface area (TPSA) is 139 Å². The Morgan fingerprint density at radius 1 is 1.00 bits per heavy atom. The SMILES string of the molecule is CN[C@@H]1CN(c2ncc(C(F)(F)F)cn2)C[C@H]1Oc1cc(-c2c(C)cccc2C)nc(NS(=O)(=O)c2cccc(C=O)c2)n1. The zero-order valence-electron chi connectivity index (χ0n) is 23.8. The predicted molar refractivity (Wildman–Crippen MR) is 156 cm³/mol. The second-order valence-corrected chi connectivity index (χ2v) is 11.9. The molecule has 2 aromatic heterocycles. The number of aldehydes is 1. The van der Waals surface area contributed by atoms with Gasteiger partial charge in [-0.3, -0.25) is 4.79 Å². The molecule has 2 atom stereocenters. The summed E-state index contributed by atoms with van der Waals surface area (Å²) in [6.45, 7) is 4.33. The molecule has 5 rings (SSSR count). The second kappa shape index (κ2) is 12.2. The minimum Gasteiger partial charge on any atom is -0.471 e. The average molecular weight is 628 g/mol. The van der Waals surface area contributed by atoms with Crippen molar-refractivity contribution < 1.29 is 31.1 Å². The molecule has 0 amide bonds. The zero-order chi connectivity index (χ0) is 31.6. The van der Waals surface area contributed by atoms with E-state index in [1.165, 1.54) is 24.3 Å². The normalized spacial score (nSPS) is 17.0. The van der Waals surface area contributed by atoms with Gasteiger partial charge in [0.05, 0.1) is 28.7 Å². The maximum Gasteiger partial charge on any atom is 0.419 e. The smallest absolute Gasteiger partial charge is 0.419 e. The average Bonchev–Trinajstić information content (AvgIpc) is 3.39. The van der Waals surface area contributed by atoms with E-state index in [1.54, 1.807) is 18.0 Å². The van der Waals surface area contributed by atoms with E-state index in [4.69, 9.17) is 4.74 Å². The number of carbonyl (C=O) groups excluding carboxylic acids is 1. The molecule has 1 saturated heterocycles. The Labute approximate surface area is 251 Å². The molecule has 3 heterocycles. The molecule has 1 fully saturated rings. The van der Waals surface area contributed by atoms with Gasteiger partial charge in [0, 0.05) is 36.1 Å². The molecule has 0 bridgehead atoms. The Kier molecular flexibility index (Phi) is 8.52. The fourth-order valence-corrected chi connectivity index (χ4v) is 5.93. The van der Waals surface area contributed by atoms with Crippen LogP contribution < -0.4 is 19.7 Å². The number of sulfonamides is 1. The summed E-state index contributed by atoms with van der Waals surface area (Å²) in [6, 6.07) is 12.5. The highest BCUT2D eigenvalue weighted by Gasteiger charge is 2.37. The van der Waals surface area contributed by atoms with Crippen LogP contribution in [0.2, 0.25) is 0 Å². The Bertz CT molecular complexity index is 1770. The standard InChI is InChI=1S/C29H28F3N7O4S/c1-17-6-4-7-18(2)26(17)22-11-25(37-27(36-22)38-44(41,42)21-9-5-8-19(10-21)16-40)43-24-15-39(14-23(24)33-3)28-34-12-20(13-35-28)29(30,31)32/h4-13,16,23-24,33H,14-15H2,1-3H3,(H,36,37,38)/t23-,24-/m1/s1. The quantitative estimate of drug-likeness (QED) is 0.262. The van der Waals surface area contributed by atoms with Crippen LogP contribution in [0.15, 0.2) is 65.8 Å². The molecule has 0 aliphatic carbocycles. The molecule has 0 radical (unpaired) electrons. The minimum absolute atomic E-state index is 0.0671. The third-order valence-corrected chi connectivity index (χ3v) is 8.45. The van der Waals surface area contributed by atoms with Gasteiger partial charge >= 0.3 is 6.18 Å². The fourth-order valence-electron chi connectivity index (χ4n) is 4.93. The lowest BCUT2D eigenvalue weighted by Gasteiger charge is -2.20. The summed E-state index contributed by atoms with van der Waals surface area (Å²) in [5, 5.41) is 3.13. The van der Waals surface area contributed by atoms with Crippen LogP contribution in [0.4, 0.5) is 25.1 Å². The Balaban J connectivity index is 1.48. The molecule has 230 valence electrons. The summed E-state index contributed by atoms with van der Waals surface area (Å²) in [4.78, 5) is 29.4. The number of aryl methyl sites for hydroxylation is 2. The summed E-state index contributed by atoms with van der Waals surface area (Å²) in [5.41, 5.74) is 2.18. The van der Waals surface area contributed by atoms with Crippen molar-refractivity contribution in [2.75, 3.05) is 29.8 Å². The molecule has 2 aromatic carbocycles. The number of hydrogen-bond acceptors (Lipinski definition) is 10. The number of nitrogens with one attached hydrogen (secondary N) is 2. The van der Waals surface area contributed by atoms with Crippen LogP contribution in [0.25, 0.3) is 11.3 Å². The molecule has 15 heteroatoms. The number of anilines is 2. The lowest BCUT2D eigenvalue weighted by atomic mass is 10.00. The number of hydrogen-bond donors (Lipinski definition) is 2. The third kappa shape index (κ3) is 6.63. The fraction of sp³-hybridized carbons (Fsp3) is 0.276. The monoisotopic (exact) mass is 627 g/mol. The van der Waals surface area contributed by atoms with E-state index in [9.17, 15) is 26.4 Å². The summed E-state index contributed by atoms with van der Waals surface area (Å²) in [5.74, 6) is -0.0784. The maximum absolute atomic E-state index is 13.2. The maximum atomic E-state index is 13.2. The van der Waals surface area contributed by atoms with Gasteiger partial charge in [-0.1, -0.05) is 30.3 Å². The lowest BCUT2D eigenvalue weighted by molar-refractivity contribution is -0.138. The first-order chi connectivity index (χ1) is 20.9. The van der Waals surface area contributed by atoms with Crippen molar-refractivity contribution in [2.24, 2.45) is 0 Å². The Morgan fingerprint density at radius 2 is 1.68 bits per heavy atom. The zero-order valence-corrected chi connectivity index (χ0v) is 24.6. The van der Waals surface area contributed by atoms with E-state index in [2.05, 4.69) is 30.0 Å². The van der Waals surface area contributed by atoms with Crippen molar-refractivity contribution in [3.63, 3.8) is 0 Å². The molecule has 0 unspecified atom stereocenters. The van der Waals surface area contributed by atoms with Crippen molar-refractivity contribution >= 4 is 28.2 Å². The van der Waals surface area contributed by atoms with Crippen LogP contribution in [0, 0.1) is 13.8 Å². The number of rotatable bonds is 9. The molecule has 1 aliphatic rings. The highest BCUT2D eigenvalue weighted by atomic mass is 32.2. The summed E-state index contributed by atoms with van der Waals surface area (Å²) >= 11 is 0. The number of benzene rings is 2. The highest BCUT2D eigenvalue weighted by Crippen LogP contribution is 2.32. The molecular weight excluding hydrogens is 599 g/mol. The predicted octanol–water partition coefficient (Wildman–Crippen LogP) is 4.04. The number of alkyl halides is 3. The van der Waals surface area contributed by atoms with Crippen LogP contribution >= 0.6 is 0 Å². The first-order valence-corrected chi connectivity index (χ1v) is 14.9. The number of halogens is 3. The van der Waals surface area contributed by atoms with Gasteiger partial charge in [0.1, 0.15) is 12.4 Å². The Hall–Kier alpha value is -4.63. The molecule has 0 saturated carbocycles. The van der Waals surface area contributed by atoms with Crippen molar-refractivity contribution in [3.05, 3.63) is 83.2 Å². The van der Waals surface area contributed by atoms with E-state index in [0.29, 0.717) is 18.5 Å². The van der Waals surface area contributed by atoms with E-state index in [-0.39, 0.29) is 40.8 Å². The molecule has 1 aliphatic heterocycles. The lowest BCUT2D eigenvalue weighted by Crippen LogP contribution is -2.40. The van der Waals surface area contributed by atoms with Crippen LogP contribution in [-0.2, 0) is 16.2 Å². The van der Waals surface area contributed by atoms with Crippen LogP contribution in [0.1, 0.15) is 27.0 Å². The van der Waals surface area contributed by atoms with Crippen molar-refractivity contribution in [1.82, 2.24) is 25.3 Å². The van der Waals surface area contributed by atoms with Gasteiger partial charge in [0.15, 0.2) is 0 Å². The number of nitrogens with zero attached hydrogens (tertiary/aromatic N) is 5. The van der Waals surface area contributed by atoms with Crippen LogP contribution in [-0.4, -0.2) is 66.9 Å². The Morgan fingerprint density at radius 3 is 2.32 bits per heavy atom. The van der Waals surface area contributed by atoms with Gasteiger partial charge in [-0.2, -0.15) is 18.2 Å². The largest absolute Gasteiger partial charge is 0.471 e. The molecule has 2 N–H and O–H groups in total. The summed E-state index contributed by atoms with van der Waals surface area (Å²) in [7, 11) is -2.47. The number of likely N-dealkylation sites (N-methyl/N-ethyl adjacent to an activating group) is 1. The van der Waals surface area contributed by atoms with Gasteiger partial charge in [0.2, 0.25) is 17.8 Å². The van der Waals surface area contributed by atoms with Crippen LogP contribution in [0.5, 0.6) is 5.88 Å². The van der Waals surface area contributed by atoms with E-state index in [1.807, 2.05) is 32.0 Å². The number of carbonyl (C=O) groups is 1. The van der Waals surface area contributed by atoms with Gasteiger partial charge in [-0.15, -0.1) is 0 Å². The summed E-state index contributed by atoms with van der Waals surface area (Å²) < 4.78 is 74.1. The van der Waals surface area contributed by atoms with Gasteiger partial charge < -0.3 is 15.0 Å². The van der Waals surface area contributed by atoms with E-state index < -0.39 is 27.9 Å². The summed E-state index contributed by atoms with van der Waals surface area (Å²) in [6.07, 6.45) is -3.12. The molecular formula is C29H28F3N7O4S. The first kappa shape index (κ1) is 30.8. The second-order valence-electron chi connectivity index (χ2n) is 10.2. The molecule has 0 spiro atoms. The van der Waals surface area contributed by atoms with E-state index >= 15 is 0 Å². The molecule has 4 aromatic rings. The third-order valence-electron chi connectivity index (χ3n) is 7.13.